The van der Waals surface area contributed by atoms with Crippen LogP contribution in [-0.2, 0) is 19.5 Å². The summed E-state index contributed by atoms with van der Waals surface area (Å²) in [4.78, 5) is 14.9. The van der Waals surface area contributed by atoms with E-state index >= 15 is 0 Å². The molecule has 0 amide bonds. The van der Waals surface area contributed by atoms with Crippen LogP contribution in [0, 0.1) is 12.7 Å². The molecule has 0 saturated carbocycles. The van der Waals surface area contributed by atoms with Crippen molar-refractivity contribution in [1.82, 2.24) is 19.8 Å². The molecule has 2 atom stereocenters. The number of anilines is 1. The smallest absolute Gasteiger partial charge is 0.149 e. The van der Waals surface area contributed by atoms with Crippen molar-refractivity contribution in [3.63, 3.8) is 0 Å². The molecule has 8 rings (SSSR count). The predicted octanol–water partition coefficient (Wildman–Crippen LogP) is 8.97. The summed E-state index contributed by atoms with van der Waals surface area (Å²) in [5.41, 5.74) is 6.97. The molecule has 6 aromatic rings. The van der Waals surface area contributed by atoms with Crippen molar-refractivity contribution in [3.05, 3.63) is 138 Å². The van der Waals surface area contributed by atoms with Crippen LogP contribution in [0.3, 0.4) is 0 Å². The summed E-state index contributed by atoms with van der Waals surface area (Å²) in [6.07, 6.45) is 4.65. The molecule has 2 fully saturated rings. The molecule has 0 bridgehead atoms. The number of aromatic nitrogens is 2. The van der Waals surface area contributed by atoms with Gasteiger partial charge in [-0.05, 0) is 73.7 Å². The molecular formula is C45H48FN5O2. The number of piperidine rings is 2. The van der Waals surface area contributed by atoms with E-state index < -0.39 is 0 Å². The largest absolute Gasteiger partial charge is 0.497 e. The fourth-order valence-electron chi connectivity index (χ4n) is 8.13. The number of likely N-dealkylation sites (tertiary alicyclic amines) is 2. The van der Waals surface area contributed by atoms with Crippen LogP contribution in [0.15, 0.2) is 109 Å². The van der Waals surface area contributed by atoms with E-state index in [1.807, 2.05) is 31.2 Å². The highest BCUT2D eigenvalue weighted by Crippen LogP contribution is 2.33. The molecule has 7 nitrogen and oxygen atoms in total. The minimum absolute atomic E-state index is 0.0282. The molecular weight excluding hydrogens is 662 g/mol. The molecule has 2 aliphatic rings. The van der Waals surface area contributed by atoms with Gasteiger partial charge < -0.3 is 14.8 Å². The summed E-state index contributed by atoms with van der Waals surface area (Å²) in [6, 6.07) is 37.5. The third-order valence-corrected chi connectivity index (χ3v) is 10.9. The lowest BCUT2D eigenvalue weighted by molar-refractivity contribution is 0.0513. The molecule has 2 aliphatic heterocycles. The van der Waals surface area contributed by atoms with Crippen molar-refractivity contribution in [1.29, 1.82) is 0 Å². The van der Waals surface area contributed by atoms with E-state index in [4.69, 9.17) is 14.5 Å². The lowest BCUT2D eigenvalue weighted by atomic mass is 9.94. The van der Waals surface area contributed by atoms with E-state index in [1.54, 1.807) is 13.2 Å². The third-order valence-electron chi connectivity index (χ3n) is 10.9. The van der Waals surface area contributed by atoms with Gasteiger partial charge >= 0.3 is 0 Å². The van der Waals surface area contributed by atoms with Crippen LogP contribution in [0.5, 0.6) is 11.5 Å². The summed E-state index contributed by atoms with van der Waals surface area (Å²) in [7, 11) is 1.70. The number of hydrogen-bond acceptors (Lipinski definition) is 7. The molecule has 8 heteroatoms. The second kappa shape index (κ2) is 15.9. The zero-order valence-electron chi connectivity index (χ0n) is 30.7. The second-order valence-electron chi connectivity index (χ2n) is 14.7. The van der Waals surface area contributed by atoms with Gasteiger partial charge in [-0.2, -0.15) is 0 Å². The Balaban J connectivity index is 1.03. The normalized spacial score (nSPS) is 18.7. The van der Waals surface area contributed by atoms with Gasteiger partial charge in [0.2, 0.25) is 0 Å². The van der Waals surface area contributed by atoms with E-state index in [-0.39, 0.29) is 18.0 Å². The first-order valence-electron chi connectivity index (χ1n) is 19.0. The SMILES string of the molecule is COc1ccc(CN2CCC(Oc3cc(C)nc4c(F)cccc34)CC2Cc2cc(NC3CCN(Cc4ccccc4)CC3)c3ccccc3n2)cc1. The van der Waals surface area contributed by atoms with Gasteiger partial charge in [0.15, 0.2) is 0 Å². The monoisotopic (exact) mass is 709 g/mol. The van der Waals surface area contributed by atoms with Crippen LogP contribution in [0.25, 0.3) is 21.8 Å². The summed E-state index contributed by atoms with van der Waals surface area (Å²) in [5.74, 6) is 1.23. The minimum Gasteiger partial charge on any atom is -0.497 e. The fourth-order valence-corrected chi connectivity index (χ4v) is 8.13. The van der Waals surface area contributed by atoms with Crippen LogP contribution < -0.4 is 14.8 Å². The number of nitrogens with one attached hydrogen (secondary N) is 1. The number of methoxy groups -OCH3 is 1. The molecule has 272 valence electrons. The van der Waals surface area contributed by atoms with Gasteiger partial charge in [-0.1, -0.05) is 66.7 Å². The highest BCUT2D eigenvalue weighted by Gasteiger charge is 2.31. The molecule has 0 radical (unpaired) electrons. The maximum Gasteiger partial charge on any atom is 0.149 e. The average molecular weight is 710 g/mol. The van der Waals surface area contributed by atoms with E-state index in [2.05, 4.69) is 92.9 Å². The number of nitrogens with zero attached hydrogens (tertiary/aromatic N) is 4. The first kappa shape index (κ1) is 35.0. The van der Waals surface area contributed by atoms with Crippen molar-refractivity contribution in [3.8, 4) is 11.5 Å². The van der Waals surface area contributed by atoms with Crippen molar-refractivity contribution < 1.29 is 13.9 Å². The predicted molar refractivity (Wildman–Crippen MR) is 211 cm³/mol. The maximum atomic E-state index is 14.8. The van der Waals surface area contributed by atoms with Crippen molar-refractivity contribution in [2.45, 2.75) is 70.3 Å². The molecule has 2 unspecified atom stereocenters. The topological polar surface area (TPSA) is 62.8 Å². The van der Waals surface area contributed by atoms with Crippen LogP contribution in [-0.4, -0.2) is 64.7 Å². The van der Waals surface area contributed by atoms with Crippen LogP contribution in [0.1, 0.15) is 48.2 Å². The standard InChI is InChI=1S/C45H48FN5O2/c1-31-25-44(40-12-8-13-41(46)45(40)47-31)53-38-21-24-51(30-33-15-17-37(52-2)18-16-33)36(28-38)26-35-27-43(39-11-6-7-14-42(39)49-35)48-34-19-22-50(23-20-34)29-32-9-4-3-5-10-32/h3-18,25,27,34,36,38H,19-24,26,28-30H2,1-2H3,(H,48,49). The summed E-state index contributed by atoms with van der Waals surface area (Å²) >= 11 is 0. The Hall–Kier alpha value is -5.05. The maximum absolute atomic E-state index is 14.8. The third kappa shape index (κ3) is 8.29. The van der Waals surface area contributed by atoms with Gasteiger partial charge in [0, 0.05) is 91.6 Å². The highest BCUT2D eigenvalue weighted by molar-refractivity contribution is 5.91. The van der Waals surface area contributed by atoms with Crippen molar-refractivity contribution >= 4 is 27.5 Å². The Morgan fingerprint density at radius 2 is 1.53 bits per heavy atom. The van der Waals surface area contributed by atoms with Gasteiger partial charge in [-0.3, -0.25) is 14.8 Å². The number of fused-ring (bicyclic) bond motifs is 2. The number of aryl methyl sites for hydroxylation is 1. The Morgan fingerprint density at radius 3 is 2.34 bits per heavy atom. The minimum atomic E-state index is -0.326. The number of ether oxygens (including phenoxy) is 2. The average Bonchev–Trinajstić information content (AvgIpc) is 3.18. The summed E-state index contributed by atoms with van der Waals surface area (Å²) < 4.78 is 27.0. The van der Waals surface area contributed by atoms with Crippen molar-refractivity contribution in [2.24, 2.45) is 0 Å². The number of para-hydroxylation sites is 2. The van der Waals surface area contributed by atoms with Gasteiger partial charge in [-0.25, -0.2) is 9.37 Å². The molecule has 2 aromatic heterocycles. The first-order chi connectivity index (χ1) is 26.0. The molecule has 0 spiro atoms. The Bertz CT molecular complexity index is 2150. The number of hydrogen-bond donors (Lipinski definition) is 1. The van der Waals surface area contributed by atoms with Crippen LogP contribution >= 0.6 is 0 Å². The van der Waals surface area contributed by atoms with Gasteiger partial charge in [-0.15, -0.1) is 0 Å². The lowest BCUT2D eigenvalue weighted by Gasteiger charge is -2.39. The first-order valence-corrected chi connectivity index (χ1v) is 19.0. The van der Waals surface area contributed by atoms with Crippen LogP contribution in [0.2, 0.25) is 0 Å². The van der Waals surface area contributed by atoms with Gasteiger partial charge in [0.25, 0.3) is 0 Å². The zero-order chi connectivity index (χ0) is 36.1. The highest BCUT2D eigenvalue weighted by atomic mass is 19.1. The zero-order valence-corrected chi connectivity index (χ0v) is 30.7. The number of rotatable bonds is 11. The molecule has 4 heterocycles. The second-order valence-corrected chi connectivity index (χ2v) is 14.7. The Morgan fingerprint density at radius 1 is 0.774 bits per heavy atom. The van der Waals surface area contributed by atoms with Crippen molar-refractivity contribution in [2.75, 3.05) is 32.1 Å². The Kier molecular flexibility index (Phi) is 10.5. The number of benzene rings is 4. The summed E-state index contributed by atoms with van der Waals surface area (Å²) in [5, 5.41) is 5.84. The van der Waals surface area contributed by atoms with Gasteiger partial charge in [0.1, 0.15) is 28.9 Å². The molecule has 4 aromatic carbocycles. The van der Waals surface area contributed by atoms with E-state index in [0.717, 1.165) is 98.6 Å². The number of halogens is 1. The molecule has 1 N–H and O–H groups in total. The fraction of sp³-hybridized carbons (Fsp3) is 0.333. The van der Waals surface area contributed by atoms with Crippen LogP contribution in [0.4, 0.5) is 10.1 Å². The Labute approximate surface area is 311 Å². The molecule has 2 saturated heterocycles. The van der Waals surface area contributed by atoms with E-state index in [1.165, 1.54) is 17.2 Å². The van der Waals surface area contributed by atoms with E-state index in [9.17, 15) is 4.39 Å². The molecule has 0 aliphatic carbocycles. The summed E-state index contributed by atoms with van der Waals surface area (Å²) in [6.45, 7) is 6.74. The number of pyridine rings is 2. The van der Waals surface area contributed by atoms with E-state index in [0.29, 0.717) is 22.7 Å². The molecule has 53 heavy (non-hydrogen) atoms. The lowest BCUT2D eigenvalue weighted by Crippen LogP contribution is -2.46. The van der Waals surface area contributed by atoms with Gasteiger partial charge in [0.05, 0.1) is 12.6 Å². The quantitative estimate of drug-likeness (QED) is 0.144.